The predicted octanol–water partition coefficient (Wildman–Crippen LogP) is 3.39. The molecule has 23 heavy (non-hydrogen) atoms. The summed E-state index contributed by atoms with van der Waals surface area (Å²) >= 11 is 0. The van der Waals surface area contributed by atoms with Crippen molar-refractivity contribution in [3.05, 3.63) is 12.5 Å². The van der Waals surface area contributed by atoms with Crippen LogP contribution in [0.5, 0.6) is 0 Å². The molecule has 1 saturated carbocycles. The number of hydrogen-bond acceptors (Lipinski definition) is 5. The van der Waals surface area contributed by atoms with E-state index in [0.717, 1.165) is 38.4 Å². The summed E-state index contributed by atoms with van der Waals surface area (Å²) in [4.78, 5) is 1.70. The van der Waals surface area contributed by atoms with Crippen LogP contribution >= 0.6 is 0 Å². The van der Waals surface area contributed by atoms with Gasteiger partial charge in [0.1, 0.15) is 6.10 Å². The Bertz CT molecular complexity index is 396. The van der Waals surface area contributed by atoms with Crippen LogP contribution in [-0.2, 0) is 9.47 Å². The van der Waals surface area contributed by atoms with Crippen molar-refractivity contribution in [2.45, 2.75) is 77.9 Å². The van der Waals surface area contributed by atoms with Gasteiger partial charge in [-0.15, -0.1) is 0 Å². The molecule has 0 aromatic rings. The lowest BCUT2D eigenvalue weighted by atomic mass is 9.71. The average Bonchev–Trinajstić information content (AvgIpc) is 2.89. The first-order valence-electron chi connectivity index (χ1n) is 8.88. The van der Waals surface area contributed by atoms with Gasteiger partial charge in [0, 0.05) is 25.6 Å². The topological polar surface area (TPSA) is 62.2 Å². The van der Waals surface area contributed by atoms with Crippen molar-refractivity contribution in [1.82, 2.24) is 4.90 Å². The minimum Gasteiger partial charge on any atom is -0.514 e. The minimum absolute atomic E-state index is 0.322. The van der Waals surface area contributed by atoms with Crippen molar-refractivity contribution in [3.8, 4) is 0 Å². The normalized spacial score (nSPS) is 33.4. The number of aliphatic hydroxyl groups excluding tert-OH is 2. The summed E-state index contributed by atoms with van der Waals surface area (Å²) in [6, 6.07) is 0. The Morgan fingerprint density at radius 2 is 1.96 bits per heavy atom. The van der Waals surface area contributed by atoms with Crippen molar-refractivity contribution >= 4 is 0 Å². The number of hydrogen-bond donors (Lipinski definition) is 2. The zero-order valence-corrected chi connectivity index (χ0v) is 15.0. The third kappa shape index (κ3) is 4.40. The molecular weight excluding hydrogens is 294 g/mol. The van der Waals surface area contributed by atoms with Gasteiger partial charge in [-0.3, -0.25) is 0 Å². The second-order valence-corrected chi connectivity index (χ2v) is 7.97. The molecule has 2 atom stereocenters. The fourth-order valence-electron chi connectivity index (χ4n) is 3.76. The summed E-state index contributed by atoms with van der Waals surface area (Å²) in [6.45, 7) is 9.98. The van der Waals surface area contributed by atoms with Crippen molar-refractivity contribution < 1.29 is 19.7 Å². The number of rotatable bonds is 5. The van der Waals surface area contributed by atoms with E-state index in [1.807, 2.05) is 6.92 Å². The molecule has 1 heterocycles. The molecule has 1 spiro atoms. The standard InChI is InChI=1S/C18H33NO4/c1-5-10-19(11-12-20)16(21)15-13-22-18(23-15)8-6-14(7-9-18)17(2,3)4/h11-12,14-16,20-21H,5-10,13H2,1-4H3/b12-11+. The van der Waals surface area contributed by atoms with Gasteiger partial charge in [0.25, 0.3) is 0 Å². The first-order valence-corrected chi connectivity index (χ1v) is 8.88. The highest BCUT2D eigenvalue weighted by atomic mass is 16.7. The van der Waals surface area contributed by atoms with E-state index in [1.165, 1.54) is 6.20 Å². The summed E-state index contributed by atoms with van der Waals surface area (Å²) in [5.41, 5.74) is 0.322. The lowest BCUT2D eigenvalue weighted by Gasteiger charge is -2.41. The van der Waals surface area contributed by atoms with Crippen LogP contribution in [-0.4, -0.2) is 46.4 Å². The molecule has 2 N–H and O–H groups in total. The fraction of sp³-hybridized carbons (Fsp3) is 0.889. The largest absolute Gasteiger partial charge is 0.514 e. The van der Waals surface area contributed by atoms with Gasteiger partial charge in [0.05, 0.1) is 12.9 Å². The zero-order valence-electron chi connectivity index (χ0n) is 15.0. The molecule has 0 amide bonds. The van der Waals surface area contributed by atoms with Gasteiger partial charge >= 0.3 is 0 Å². The number of nitrogens with zero attached hydrogens (tertiary/aromatic N) is 1. The van der Waals surface area contributed by atoms with Crippen LogP contribution in [0.2, 0.25) is 0 Å². The van der Waals surface area contributed by atoms with E-state index in [1.54, 1.807) is 4.90 Å². The molecule has 2 aliphatic rings. The van der Waals surface area contributed by atoms with Gasteiger partial charge in [0.15, 0.2) is 12.0 Å². The Morgan fingerprint density at radius 3 is 2.48 bits per heavy atom. The highest BCUT2D eigenvalue weighted by Crippen LogP contribution is 2.46. The molecule has 5 heteroatoms. The van der Waals surface area contributed by atoms with Crippen LogP contribution in [0.3, 0.4) is 0 Å². The molecule has 2 rings (SSSR count). The van der Waals surface area contributed by atoms with E-state index >= 15 is 0 Å². The van der Waals surface area contributed by atoms with E-state index in [4.69, 9.17) is 14.6 Å². The van der Waals surface area contributed by atoms with Gasteiger partial charge in [-0.05, 0) is 30.6 Å². The molecule has 0 radical (unpaired) electrons. The molecule has 1 saturated heterocycles. The van der Waals surface area contributed by atoms with Crippen LogP contribution in [0.25, 0.3) is 0 Å². The molecule has 5 nitrogen and oxygen atoms in total. The highest BCUT2D eigenvalue weighted by Gasteiger charge is 2.48. The summed E-state index contributed by atoms with van der Waals surface area (Å²) in [6.07, 6.45) is 6.15. The van der Waals surface area contributed by atoms with E-state index in [9.17, 15) is 5.11 Å². The van der Waals surface area contributed by atoms with Gasteiger partial charge < -0.3 is 24.6 Å². The Balaban J connectivity index is 1.93. The Morgan fingerprint density at radius 1 is 1.30 bits per heavy atom. The Labute approximate surface area is 140 Å². The first kappa shape index (κ1) is 18.6. The second kappa shape index (κ2) is 7.41. The summed E-state index contributed by atoms with van der Waals surface area (Å²) in [5, 5.41) is 19.5. The van der Waals surface area contributed by atoms with Crippen LogP contribution in [0.1, 0.15) is 59.8 Å². The first-order chi connectivity index (χ1) is 10.8. The minimum atomic E-state index is -0.793. The van der Waals surface area contributed by atoms with Crippen molar-refractivity contribution in [3.63, 3.8) is 0 Å². The smallest absolute Gasteiger partial charge is 0.169 e. The molecule has 2 fully saturated rings. The lowest BCUT2D eigenvalue weighted by Crippen LogP contribution is -2.44. The third-order valence-corrected chi connectivity index (χ3v) is 5.26. The molecular formula is C18H33NO4. The van der Waals surface area contributed by atoms with Gasteiger partial charge in [0.2, 0.25) is 0 Å². The molecule has 2 unspecified atom stereocenters. The number of aliphatic hydroxyl groups is 2. The summed E-state index contributed by atoms with van der Waals surface area (Å²) in [5.74, 6) is 0.173. The molecule has 1 aliphatic heterocycles. The molecule has 0 bridgehead atoms. The lowest BCUT2D eigenvalue weighted by molar-refractivity contribution is -0.211. The SMILES string of the molecule is CCCN(/C=C/O)C(O)C1COC2(CCC(C(C)(C)C)CC2)O1. The van der Waals surface area contributed by atoms with E-state index in [-0.39, 0.29) is 6.10 Å². The van der Waals surface area contributed by atoms with E-state index < -0.39 is 12.0 Å². The second-order valence-electron chi connectivity index (χ2n) is 7.97. The van der Waals surface area contributed by atoms with Crippen LogP contribution in [0.15, 0.2) is 12.5 Å². The Hall–Kier alpha value is -0.780. The zero-order chi connectivity index (χ0) is 17.1. The average molecular weight is 327 g/mol. The van der Waals surface area contributed by atoms with Crippen LogP contribution in [0, 0.1) is 11.3 Å². The highest BCUT2D eigenvalue weighted by molar-refractivity contribution is 4.91. The number of ether oxygens (including phenoxy) is 2. The third-order valence-electron chi connectivity index (χ3n) is 5.26. The molecule has 1 aliphatic carbocycles. The van der Waals surface area contributed by atoms with E-state index in [0.29, 0.717) is 24.5 Å². The van der Waals surface area contributed by atoms with Crippen molar-refractivity contribution in [1.29, 1.82) is 0 Å². The van der Waals surface area contributed by atoms with Gasteiger partial charge in [-0.1, -0.05) is 27.7 Å². The van der Waals surface area contributed by atoms with Crippen LogP contribution in [0.4, 0.5) is 0 Å². The molecule has 0 aromatic heterocycles. The molecule has 0 aromatic carbocycles. The van der Waals surface area contributed by atoms with Crippen molar-refractivity contribution in [2.24, 2.45) is 11.3 Å². The monoisotopic (exact) mass is 327 g/mol. The Kier molecular flexibility index (Phi) is 5.98. The van der Waals surface area contributed by atoms with E-state index in [2.05, 4.69) is 20.8 Å². The maximum absolute atomic E-state index is 10.5. The quantitative estimate of drug-likeness (QED) is 0.598. The predicted molar refractivity (Wildman–Crippen MR) is 89.7 cm³/mol. The van der Waals surface area contributed by atoms with Gasteiger partial charge in [-0.2, -0.15) is 0 Å². The fourth-order valence-corrected chi connectivity index (χ4v) is 3.76. The maximum Gasteiger partial charge on any atom is 0.169 e. The van der Waals surface area contributed by atoms with Crippen molar-refractivity contribution in [2.75, 3.05) is 13.2 Å². The van der Waals surface area contributed by atoms with Crippen LogP contribution < -0.4 is 0 Å². The summed E-state index contributed by atoms with van der Waals surface area (Å²) in [7, 11) is 0. The summed E-state index contributed by atoms with van der Waals surface area (Å²) < 4.78 is 12.1. The molecule has 134 valence electrons. The maximum atomic E-state index is 10.5. The van der Waals surface area contributed by atoms with Gasteiger partial charge in [-0.25, -0.2) is 0 Å².